The Labute approximate surface area is 185 Å². The summed E-state index contributed by atoms with van der Waals surface area (Å²) >= 11 is 0. The average molecular weight is 457 g/mol. The molecule has 0 radical (unpaired) electrons. The van der Waals surface area contributed by atoms with Gasteiger partial charge in [-0.1, -0.05) is 24.3 Å². The van der Waals surface area contributed by atoms with Crippen molar-refractivity contribution >= 4 is 28.6 Å². The molecule has 0 bridgehead atoms. The van der Waals surface area contributed by atoms with Crippen LogP contribution in [0.2, 0.25) is 0 Å². The molecule has 0 atom stereocenters. The summed E-state index contributed by atoms with van der Waals surface area (Å²) in [6, 6.07) is 18.6. The van der Waals surface area contributed by atoms with E-state index in [1.54, 1.807) is 12.1 Å². The van der Waals surface area contributed by atoms with Crippen LogP contribution in [0.15, 0.2) is 65.1 Å². The first-order valence-corrected chi connectivity index (χ1v) is 9.56. The molecule has 3 aromatic heterocycles. The Morgan fingerprint density at radius 1 is 0.970 bits per heavy atom. The molecular formula is C23H18F3N3O4. The number of nitrogens with one attached hydrogen (secondary N) is 1. The maximum atomic E-state index is 12.9. The predicted octanol–water partition coefficient (Wildman–Crippen LogP) is 5.39. The number of carboxylic acid groups (broad SMARTS) is 1. The topological polar surface area (TPSA) is 105 Å². The van der Waals surface area contributed by atoms with Crippen LogP contribution in [0.25, 0.3) is 22.4 Å². The van der Waals surface area contributed by atoms with Crippen molar-refractivity contribution in [1.82, 2.24) is 9.97 Å². The molecule has 4 aromatic rings. The van der Waals surface area contributed by atoms with Crippen LogP contribution in [0, 0.1) is 13.8 Å². The summed E-state index contributed by atoms with van der Waals surface area (Å²) in [5, 5.41) is 10.8. The van der Waals surface area contributed by atoms with Crippen molar-refractivity contribution in [2.45, 2.75) is 20.0 Å². The van der Waals surface area contributed by atoms with Gasteiger partial charge < -0.3 is 14.8 Å². The highest BCUT2D eigenvalue weighted by Crippen LogP contribution is 2.26. The van der Waals surface area contributed by atoms with Crippen molar-refractivity contribution in [2.75, 3.05) is 5.32 Å². The molecule has 0 aliphatic heterocycles. The standard InChI is InChI=1S/C21H17N3O2.C2HF3O2/c1-13-6-5-9-20(22-13)24-21(25)16-12-18(19-11-10-14(2)26-19)23-17-8-4-3-7-15(16)17;3-2(4,5)1(6)7/h3-12H,1-2H3,(H,22,24,25);(H,6,7). The lowest BCUT2D eigenvalue weighted by atomic mass is 10.1. The van der Waals surface area contributed by atoms with Crippen LogP contribution < -0.4 is 5.32 Å². The van der Waals surface area contributed by atoms with E-state index in [0.717, 1.165) is 22.4 Å². The molecular weight excluding hydrogens is 439 g/mol. The summed E-state index contributed by atoms with van der Waals surface area (Å²) in [6.45, 7) is 3.76. The summed E-state index contributed by atoms with van der Waals surface area (Å²) in [6.07, 6.45) is -5.08. The maximum absolute atomic E-state index is 12.9. The van der Waals surface area contributed by atoms with E-state index in [9.17, 15) is 18.0 Å². The van der Waals surface area contributed by atoms with Gasteiger partial charge in [-0.2, -0.15) is 13.2 Å². The van der Waals surface area contributed by atoms with E-state index in [1.165, 1.54) is 0 Å². The minimum atomic E-state index is -5.08. The van der Waals surface area contributed by atoms with Crippen LogP contribution in [0.5, 0.6) is 0 Å². The van der Waals surface area contributed by atoms with Crippen molar-refractivity contribution < 1.29 is 32.3 Å². The Balaban J connectivity index is 0.000000383. The van der Waals surface area contributed by atoms with Gasteiger partial charge in [0.05, 0.1) is 11.1 Å². The second-order valence-electron chi connectivity index (χ2n) is 6.90. The third kappa shape index (κ3) is 5.94. The van der Waals surface area contributed by atoms with E-state index < -0.39 is 12.1 Å². The van der Waals surface area contributed by atoms with E-state index in [2.05, 4.69) is 15.3 Å². The number of aromatic nitrogens is 2. The highest BCUT2D eigenvalue weighted by molar-refractivity contribution is 6.12. The fourth-order valence-electron chi connectivity index (χ4n) is 2.86. The van der Waals surface area contributed by atoms with Gasteiger partial charge in [-0.3, -0.25) is 4.79 Å². The van der Waals surface area contributed by atoms with Crippen LogP contribution in [0.3, 0.4) is 0 Å². The number of para-hydroxylation sites is 1. The average Bonchev–Trinajstić information content (AvgIpc) is 3.19. The first kappa shape index (κ1) is 23.5. The molecule has 0 unspecified atom stereocenters. The molecule has 0 aliphatic carbocycles. The van der Waals surface area contributed by atoms with E-state index in [1.807, 2.05) is 62.4 Å². The molecule has 1 aromatic carbocycles. The first-order valence-electron chi connectivity index (χ1n) is 9.56. The van der Waals surface area contributed by atoms with Gasteiger partial charge >= 0.3 is 12.1 Å². The Morgan fingerprint density at radius 2 is 1.67 bits per heavy atom. The number of nitrogens with zero attached hydrogens (tertiary/aromatic N) is 2. The molecule has 170 valence electrons. The van der Waals surface area contributed by atoms with Gasteiger partial charge in [-0.05, 0) is 50.2 Å². The predicted molar refractivity (Wildman–Crippen MR) is 115 cm³/mol. The van der Waals surface area contributed by atoms with Crippen molar-refractivity contribution in [2.24, 2.45) is 0 Å². The highest BCUT2D eigenvalue weighted by atomic mass is 19.4. The number of hydrogen-bond donors (Lipinski definition) is 2. The van der Waals surface area contributed by atoms with Gasteiger partial charge in [0, 0.05) is 11.1 Å². The molecule has 0 aliphatic rings. The summed E-state index contributed by atoms with van der Waals surface area (Å²) in [5.41, 5.74) is 2.73. The van der Waals surface area contributed by atoms with Gasteiger partial charge in [-0.15, -0.1) is 0 Å². The number of carboxylic acids is 1. The van der Waals surface area contributed by atoms with Crippen LogP contribution in [-0.4, -0.2) is 33.1 Å². The zero-order chi connectivity index (χ0) is 24.2. The molecule has 1 amide bonds. The number of fused-ring (bicyclic) bond motifs is 1. The lowest BCUT2D eigenvalue weighted by Gasteiger charge is -2.09. The number of alkyl halides is 3. The fourth-order valence-corrected chi connectivity index (χ4v) is 2.86. The molecule has 7 nitrogen and oxygen atoms in total. The lowest BCUT2D eigenvalue weighted by Crippen LogP contribution is -2.21. The van der Waals surface area contributed by atoms with Crippen LogP contribution in [0.4, 0.5) is 19.0 Å². The smallest absolute Gasteiger partial charge is 0.475 e. The van der Waals surface area contributed by atoms with Crippen molar-refractivity contribution in [1.29, 1.82) is 0 Å². The Hall–Kier alpha value is -4.21. The van der Waals surface area contributed by atoms with Gasteiger partial charge in [0.1, 0.15) is 17.3 Å². The molecule has 0 saturated heterocycles. The number of halogens is 3. The molecule has 10 heteroatoms. The number of pyridine rings is 2. The van der Waals surface area contributed by atoms with Gasteiger partial charge in [0.2, 0.25) is 0 Å². The van der Waals surface area contributed by atoms with Crippen molar-refractivity contribution in [3.63, 3.8) is 0 Å². The lowest BCUT2D eigenvalue weighted by molar-refractivity contribution is -0.192. The molecule has 0 saturated carbocycles. The number of hydrogen-bond acceptors (Lipinski definition) is 5. The third-order valence-corrected chi connectivity index (χ3v) is 4.33. The monoisotopic (exact) mass is 457 g/mol. The van der Waals surface area contributed by atoms with Gasteiger partial charge in [0.15, 0.2) is 5.76 Å². The Kier molecular flexibility index (Phi) is 6.76. The molecule has 4 rings (SSSR count). The summed E-state index contributed by atoms with van der Waals surface area (Å²) in [5.74, 6) is -1.04. The molecule has 2 N–H and O–H groups in total. The van der Waals surface area contributed by atoms with Gasteiger partial charge in [-0.25, -0.2) is 14.8 Å². The summed E-state index contributed by atoms with van der Waals surface area (Å²) in [7, 11) is 0. The number of anilines is 1. The quantitative estimate of drug-likeness (QED) is 0.427. The number of aryl methyl sites for hydroxylation is 2. The Morgan fingerprint density at radius 3 is 2.27 bits per heavy atom. The van der Waals surface area contributed by atoms with Crippen molar-refractivity contribution in [3.8, 4) is 11.5 Å². The van der Waals surface area contributed by atoms with Gasteiger partial charge in [0.25, 0.3) is 5.91 Å². The zero-order valence-corrected chi connectivity index (χ0v) is 17.5. The van der Waals surface area contributed by atoms with E-state index >= 15 is 0 Å². The number of carbonyl (C=O) groups excluding carboxylic acids is 1. The number of amides is 1. The fraction of sp³-hybridized carbons (Fsp3) is 0.130. The number of carbonyl (C=O) groups is 2. The highest BCUT2D eigenvalue weighted by Gasteiger charge is 2.38. The minimum Gasteiger partial charge on any atom is -0.475 e. The number of benzene rings is 1. The maximum Gasteiger partial charge on any atom is 0.490 e. The molecule has 0 fully saturated rings. The van der Waals surface area contributed by atoms with E-state index in [-0.39, 0.29) is 5.91 Å². The molecule has 0 spiro atoms. The van der Waals surface area contributed by atoms with E-state index in [4.69, 9.17) is 14.3 Å². The zero-order valence-electron chi connectivity index (χ0n) is 17.5. The first-order chi connectivity index (χ1) is 15.5. The van der Waals surface area contributed by atoms with Crippen LogP contribution >= 0.6 is 0 Å². The normalized spacial score (nSPS) is 10.9. The number of aliphatic carboxylic acids is 1. The molecule has 33 heavy (non-hydrogen) atoms. The third-order valence-electron chi connectivity index (χ3n) is 4.33. The second-order valence-corrected chi connectivity index (χ2v) is 6.90. The minimum absolute atomic E-state index is 0.230. The largest absolute Gasteiger partial charge is 0.490 e. The Bertz CT molecular complexity index is 1320. The van der Waals surface area contributed by atoms with Crippen LogP contribution in [0.1, 0.15) is 21.8 Å². The molecule has 3 heterocycles. The summed E-state index contributed by atoms with van der Waals surface area (Å²) in [4.78, 5) is 30.8. The van der Waals surface area contributed by atoms with Crippen molar-refractivity contribution in [3.05, 3.63) is 77.7 Å². The number of furan rings is 1. The number of rotatable bonds is 3. The van der Waals surface area contributed by atoms with Crippen LogP contribution in [-0.2, 0) is 4.79 Å². The second kappa shape index (κ2) is 9.51. The summed E-state index contributed by atoms with van der Waals surface area (Å²) < 4.78 is 37.4. The SMILES string of the molecule is Cc1cccc(NC(=O)c2cc(-c3ccc(C)o3)nc3ccccc23)n1.O=C(O)C(F)(F)F. The van der Waals surface area contributed by atoms with E-state index in [0.29, 0.717) is 22.8 Å².